The number of quaternary nitrogens is 1. The number of thiol groups is 1. The molecule has 28 nitrogen and oxygen atoms in total. The third-order valence-electron chi connectivity index (χ3n) is 12.1. The number of unbranched alkanes of at least 4 members (excludes halogenated alkanes) is 1. The van der Waals surface area contributed by atoms with Crippen molar-refractivity contribution < 1.29 is 88.4 Å². The van der Waals surface area contributed by atoms with Gasteiger partial charge in [-0.3, -0.25) is 33.6 Å². The van der Waals surface area contributed by atoms with Gasteiger partial charge in [0.25, 0.3) is 0 Å². The van der Waals surface area contributed by atoms with Crippen molar-refractivity contribution in [2.75, 3.05) is 68.9 Å². The van der Waals surface area contributed by atoms with Gasteiger partial charge >= 0.3 is 6.03 Å². The lowest BCUT2D eigenvalue weighted by molar-refractivity contribution is -0.438. The molecule has 31 heteroatoms. The monoisotopic (exact) mass is 1160 g/mol. The summed E-state index contributed by atoms with van der Waals surface area (Å²) < 4.78 is 5.60. The average Bonchev–Trinajstić information content (AvgIpc) is 3.93. The molecule has 2 heterocycles. The number of thioether (sulfide) groups is 2. The predicted molar refractivity (Wildman–Crippen MR) is 279 cm³/mol. The minimum absolute atomic E-state index is 0.0304. The zero-order valence-corrected chi connectivity index (χ0v) is 47.1. The maximum absolute atomic E-state index is 13.0. The summed E-state index contributed by atoms with van der Waals surface area (Å²) in [6.45, 7) is 8.09. The normalized spacial score (nSPS) is 17.4. The summed E-state index contributed by atoms with van der Waals surface area (Å²) in [7, 11) is 0. The third-order valence-corrected chi connectivity index (χ3v) is 15.0. The van der Waals surface area contributed by atoms with Gasteiger partial charge in [-0.15, -0.1) is 11.8 Å². The molecule has 444 valence electrons. The molecule has 9 amide bonds. The Bertz CT molecular complexity index is 2020. The van der Waals surface area contributed by atoms with E-state index in [0.29, 0.717) is 57.4 Å². The SMILES string of the molecule is CC(C)C(CCC(C)(C)CNC(=O)CSCC(NC(=O)CCC([NH3+])C(=O)[O-])C(=O)NCC(=O)[O-])C(=O)NCCOCCNC(=O)CCCC[C@H]1SC[C@H]2NC(=O)N[C@H]21.NC(CCC(=O)NC(CS)C(=O)NCC(=O)[O-])C(=O)[O-]. The van der Waals surface area contributed by atoms with Crippen LogP contribution in [0.25, 0.3) is 0 Å². The van der Waals surface area contributed by atoms with Gasteiger partial charge in [0.2, 0.25) is 41.4 Å². The highest BCUT2D eigenvalue weighted by Gasteiger charge is 2.42. The number of nitrogens with one attached hydrogen (secondary N) is 9. The second-order valence-corrected chi connectivity index (χ2v) is 22.3. The summed E-state index contributed by atoms with van der Waals surface area (Å²) in [4.78, 5) is 139. The fourth-order valence-corrected chi connectivity index (χ4v) is 10.1. The second kappa shape index (κ2) is 38.1. The number of fused-ring (bicyclic) bond motifs is 1. The van der Waals surface area contributed by atoms with Crippen LogP contribution in [0.15, 0.2) is 0 Å². The van der Waals surface area contributed by atoms with E-state index in [4.69, 9.17) is 10.5 Å². The van der Waals surface area contributed by atoms with Crippen LogP contribution in [0.5, 0.6) is 0 Å². The number of amides is 9. The first-order valence-electron chi connectivity index (χ1n) is 25.5. The summed E-state index contributed by atoms with van der Waals surface area (Å²) in [6, 6.07) is -4.35. The number of ether oxygens (including phenoxy) is 1. The topological polar surface area (TPSA) is 468 Å². The number of hydrogen-bond donors (Lipinski definition) is 12. The number of carboxylic acid groups (broad SMARTS) is 4. The summed E-state index contributed by atoms with van der Waals surface area (Å²) in [6.07, 6.45) is 3.57. The van der Waals surface area contributed by atoms with Crippen LogP contribution in [-0.4, -0.2) is 182 Å². The number of aliphatic carboxylic acids is 4. The molecule has 0 bridgehead atoms. The molecule has 2 aliphatic heterocycles. The Morgan fingerprint density at radius 3 is 1.92 bits per heavy atom. The molecule has 14 N–H and O–H groups in total. The lowest BCUT2D eigenvalue weighted by atomic mass is 9.81. The molecule has 0 spiro atoms. The molecule has 0 aromatic heterocycles. The van der Waals surface area contributed by atoms with Gasteiger partial charge in [-0.25, -0.2) is 4.79 Å². The van der Waals surface area contributed by atoms with Crippen LogP contribution in [-0.2, 0) is 57.5 Å². The molecule has 0 aromatic rings. The van der Waals surface area contributed by atoms with Gasteiger partial charge < -0.3 is 104 Å². The summed E-state index contributed by atoms with van der Waals surface area (Å²) in [5, 5.41) is 66.0. The van der Waals surface area contributed by atoms with Gasteiger partial charge in [-0.1, -0.05) is 34.1 Å². The van der Waals surface area contributed by atoms with E-state index in [1.54, 1.807) is 0 Å². The Labute approximate surface area is 467 Å². The fourth-order valence-electron chi connectivity index (χ4n) is 7.47. The van der Waals surface area contributed by atoms with Crippen LogP contribution in [0, 0.1) is 17.3 Å². The van der Waals surface area contributed by atoms with Crippen LogP contribution in [0.4, 0.5) is 4.79 Å². The average molecular weight is 1170 g/mol. The standard InChI is InChI=1S/C37H64N8O11S2.C10H17N3O6S/c1-22(2)23(33(51)40-14-16-56-15-13-39-28(46)8-6-5-7-27-32-25(19-58-27)44-36(55)45-32)11-12-37(3,4)21-42-30(48)20-57-18-26(34(52)41-17-31(49)50)43-29(47)10-9-24(38)35(53)54;11-5(10(18)19)1-2-7(14)13-6(4-20)9(17)12-3-8(15)16/h22-27,32H,5-21,38H2,1-4H3,(H,39,46)(H,40,51)(H,41,52)(H,42,48)(H,43,47)(H,49,50)(H,53,54)(H2,44,45,55);5-6,20H,1-4,11H2,(H,12,17)(H,13,14)(H,15,16)(H,18,19)/p-3/t23?,24?,25-,26?,27-,32-;/m1./s1. The largest absolute Gasteiger partial charge is 0.548 e. The van der Waals surface area contributed by atoms with E-state index in [2.05, 4.69) is 60.9 Å². The van der Waals surface area contributed by atoms with Crippen LogP contribution < -0.4 is 79.7 Å². The zero-order chi connectivity index (χ0) is 59.0. The molecule has 0 aliphatic carbocycles. The van der Waals surface area contributed by atoms with Crippen LogP contribution in [0.1, 0.15) is 91.9 Å². The molecule has 8 atom stereocenters. The van der Waals surface area contributed by atoms with Crippen molar-refractivity contribution in [3.63, 3.8) is 0 Å². The van der Waals surface area contributed by atoms with Gasteiger partial charge in [0.15, 0.2) is 0 Å². The highest BCUT2D eigenvalue weighted by atomic mass is 32.2. The first-order chi connectivity index (χ1) is 36.7. The van der Waals surface area contributed by atoms with Crippen LogP contribution >= 0.6 is 36.2 Å². The van der Waals surface area contributed by atoms with Crippen LogP contribution in [0.2, 0.25) is 0 Å². The van der Waals surface area contributed by atoms with Crippen LogP contribution in [0.3, 0.4) is 0 Å². The first-order valence-corrected chi connectivity index (χ1v) is 28.3. The Kier molecular flexibility index (Phi) is 34.3. The Morgan fingerprint density at radius 1 is 0.756 bits per heavy atom. The van der Waals surface area contributed by atoms with Crippen molar-refractivity contribution in [3.05, 3.63) is 0 Å². The minimum atomic E-state index is -1.53. The van der Waals surface area contributed by atoms with Gasteiger partial charge in [0, 0.05) is 79.8 Å². The van der Waals surface area contributed by atoms with Crippen molar-refractivity contribution in [1.82, 2.24) is 47.9 Å². The summed E-state index contributed by atoms with van der Waals surface area (Å²) >= 11 is 6.76. The number of rotatable bonds is 39. The van der Waals surface area contributed by atoms with Crippen molar-refractivity contribution in [3.8, 4) is 0 Å². The molecular formula is C47H78N11O17S3-3. The number of nitrogens with two attached hydrogens (primary N) is 1. The maximum atomic E-state index is 13.0. The number of urea groups is 1. The van der Waals surface area contributed by atoms with E-state index >= 15 is 0 Å². The van der Waals surface area contributed by atoms with E-state index in [-0.39, 0.29) is 96.0 Å². The Hall–Kier alpha value is -5.63. The molecule has 2 saturated heterocycles. The lowest BCUT2D eigenvalue weighted by Gasteiger charge is -2.28. The van der Waals surface area contributed by atoms with E-state index < -0.39 is 84.8 Å². The molecule has 0 radical (unpaired) electrons. The highest BCUT2D eigenvalue weighted by Crippen LogP contribution is 2.33. The number of hydrogen-bond acceptors (Lipinski definition) is 21. The quantitative estimate of drug-likeness (QED) is 0.0154. The predicted octanol–water partition coefficient (Wildman–Crippen LogP) is -8.49. The van der Waals surface area contributed by atoms with Crippen molar-refractivity contribution in [2.24, 2.45) is 23.0 Å². The zero-order valence-electron chi connectivity index (χ0n) is 44.5. The minimum Gasteiger partial charge on any atom is -0.548 e. The van der Waals surface area contributed by atoms with E-state index in [9.17, 15) is 78.0 Å². The first kappa shape index (κ1) is 70.4. The van der Waals surface area contributed by atoms with E-state index in [0.717, 1.165) is 36.8 Å². The summed E-state index contributed by atoms with van der Waals surface area (Å²) in [5.41, 5.74) is 8.18. The third kappa shape index (κ3) is 31.1. The van der Waals surface area contributed by atoms with Crippen molar-refractivity contribution in [1.29, 1.82) is 0 Å². The molecule has 78 heavy (non-hydrogen) atoms. The van der Waals surface area contributed by atoms with Gasteiger partial charge in [0.1, 0.15) is 18.1 Å². The lowest BCUT2D eigenvalue weighted by Crippen LogP contribution is -2.68. The molecule has 5 unspecified atom stereocenters. The smallest absolute Gasteiger partial charge is 0.315 e. The number of carboxylic acids is 4. The number of carbonyl (C=O) groups is 12. The van der Waals surface area contributed by atoms with E-state index in [1.807, 2.05) is 44.8 Å². The Balaban J connectivity index is 0.00000128. The van der Waals surface area contributed by atoms with Crippen molar-refractivity contribution >= 4 is 107 Å². The van der Waals surface area contributed by atoms with Gasteiger partial charge in [-0.05, 0) is 43.4 Å². The number of carbonyl (C=O) groups excluding carboxylic acids is 12. The van der Waals surface area contributed by atoms with Gasteiger partial charge in [0.05, 0.1) is 68.0 Å². The molecule has 2 aliphatic rings. The van der Waals surface area contributed by atoms with Gasteiger partial charge in [-0.2, -0.15) is 24.4 Å². The second-order valence-electron chi connectivity index (χ2n) is 19.6. The molecule has 2 rings (SSSR count). The van der Waals surface area contributed by atoms with Crippen molar-refractivity contribution in [2.45, 2.75) is 133 Å². The molecule has 0 saturated carbocycles. The Morgan fingerprint density at radius 2 is 1.35 bits per heavy atom. The fraction of sp³-hybridized carbons (Fsp3) is 0.745. The molecule has 2 fully saturated rings. The molecular weight excluding hydrogens is 1090 g/mol. The van der Waals surface area contributed by atoms with E-state index in [1.165, 1.54) is 0 Å². The maximum Gasteiger partial charge on any atom is 0.315 e. The molecule has 0 aromatic carbocycles. The highest BCUT2D eigenvalue weighted by molar-refractivity contribution is 8.00. The summed E-state index contributed by atoms with van der Waals surface area (Å²) in [5.74, 6) is -8.58.